The first kappa shape index (κ1) is 29.3. The summed E-state index contributed by atoms with van der Waals surface area (Å²) in [7, 11) is 0. The Balaban J connectivity index is 1.78. The number of aliphatic hydroxyl groups is 10. The Bertz CT molecular complexity index is 658. The Kier molecular flexibility index (Phi) is 10.5. The van der Waals surface area contributed by atoms with Crippen LogP contribution in [0.25, 0.3) is 0 Å². The van der Waals surface area contributed by atoms with Gasteiger partial charge in [-0.1, -0.05) is 0 Å². The molecule has 3 saturated heterocycles. The van der Waals surface area contributed by atoms with Crippen molar-refractivity contribution in [3.05, 3.63) is 0 Å². The number of ether oxygens (including phenoxy) is 5. The molecule has 15 atom stereocenters. The lowest BCUT2D eigenvalue weighted by atomic mass is 9.96. The molecule has 3 aliphatic heterocycles. The maximum atomic E-state index is 10.8. The first-order chi connectivity index (χ1) is 16.6. The maximum absolute atomic E-state index is 10.8. The van der Waals surface area contributed by atoms with Crippen LogP contribution < -0.4 is 0 Å². The molecule has 0 amide bonds. The molecule has 3 heterocycles. The fraction of sp³-hybridized carbons (Fsp3) is 1.00. The van der Waals surface area contributed by atoms with E-state index in [4.69, 9.17) is 23.7 Å². The summed E-state index contributed by atoms with van der Waals surface area (Å²) in [4.78, 5) is 0. The topological polar surface area (TPSA) is 258 Å². The zero-order valence-corrected chi connectivity index (χ0v) is 19.0. The Morgan fingerprint density at radius 2 is 0.943 bits per heavy atom. The molecule has 0 aliphatic carbocycles. The van der Waals surface area contributed by atoms with Crippen LogP contribution in [0.15, 0.2) is 0 Å². The van der Waals surface area contributed by atoms with Gasteiger partial charge in [-0.2, -0.15) is 0 Å². The first-order valence-corrected chi connectivity index (χ1v) is 11.1. The van der Waals surface area contributed by atoms with Crippen molar-refractivity contribution in [3.8, 4) is 0 Å². The van der Waals surface area contributed by atoms with Gasteiger partial charge in [0.25, 0.3) is 0 Å². The molecule has 6 unspecified atom stereocenters. The quantitative estimate of drug-likeness (QED) is 0.102. The monoisotopic (exact) mass is 536 g/mol. The predicted octanol–water partition coefficient (Wildman–Crippen LogP) is -6.70. The molecule has 3 rings (SSSR count). The van der Waals surface area contributed by atoms with Gasteiger partial charge in [0.2, 0.25) is 0 Å². The molecule has 0 bridgehead atoms. The minimum absolute atomic E-state index is 0.720. The Labute approximate surface area is 204 Å². The van der Waals surface area contributed by atoms with Gasteiger partial charge < -0.3 is 74.7 Å². The lowest BCUT2D eigenvalue weighted by Gasteiger charge is -2.48. The molecule has 35 heavy (non-hydrogen) atoms. The third kappa shape index (κ3) is 5.91. The highest BCUT2D eigenvalue weighted by molar-refractivity contribution is 7.75. The third-order valence-corrected chi connectivity index (χ3v) is 6.39. The molecule has 17 heteroatoms. The molecule has 0 aromatic rings. The molecular formula is C18H32O16S. The summed E-state index contributed by atoms with van der Waals surface area (Å²) in [5.74, 6) is 0. The molecule has 0 aromatic heterocycles. The largest absolute Gasteiger partial charge is 0.394 e. The van der Waals surface area contributed by atoms with Crippen LogP contribution in [0.3, 0.4) is 0 Å². The average molecular weight is 537 g/mol. The lowest BCUT2D eigenvalue weighted by molar-refractivity contribution is -0.377. The van der Waals surface area contributed by atoms with E-state index in [-0.39, 0.29) is 0 Å². The second kappa shape index (κ2) is 12.5. The highest BCUT2D eigenvalue weighted by atomic mass is 32.1. The minimum Gasteiger partial charge on any atom is -0.394 e. The summed E-state index contributed by atoms with van der Waals surface area (Å²) in [5.41, 5.74) is 0. The smallest absolute Gasteiger partial charge is 0.199 e. The molecule has 3 aliphatic rings. The van der Waals surface area contributed by atoms with Crippen molar-refractivity contribution in [1.82, 2.24) is 0 Å². The van der Waals surface area contributed by atoms with Crippen molar-refractivity contribution in [2.24, 2.45) is 0 Å². The molecule has 0 radical (unpaired) electrons. The fourth-order valence-corrected chi connectivity index (χ4v) is 4.30. The Morgan fingerprint density at radius 1 is 0.486 bits per heavy atom. The van der Waals surface area contributed by atoms with Crippen LogP contribution >= 0.6 is 12.9 Å². The molecule has 10 N–H and O–H groups in total. The molecule has 0 saturated carbocycles. The van der Waals surface area contributed by atoms with E-state index in [1.807, 2.05) is 0 Å². The summed E-state index contributed by atoms with van der Waals surface area (Å²) < 4.78 is 31.4. The summed E-state index contributed by atoms with van der Waals surface area (Å²) in [6, 6.07) is 0. The van der Waals surface area contributed by atoms with Gasteiger partial charge in [-0.05, 0) is 12.9 Å². The molecule has 16 nitrogen and oxygen atoms in total. The Hall–Kier alpha value is -0.290. The highest BCUT2D eigenvalue weighted by Gasteiger charge is 2.53. The number of thiol groups is 1. The van der Waals surface area contributed by atoms with Gasteiger partial charge in [0, 0.05) is 0 Å². The van der Waals surface area contributed by atoms with Crippen LogP contribution in [-0.4, -0.2) is 163 Å². The van der Waals surface area contributed by atoms with Crippen molar-refractivity contribution in [3.63, 3.8) is 0 Å². The van der Waals surface area contributed by atoms with Gasteiger partial charge in [0.15, 0.2) is 18.9 Å². The lowest BCUT2D eigenvalue weighted by Crippen LogP contribution is -2.66. The van der Waals surface area contributed by atoms with Crippen LogP contribution in [0, 0.1) is 0 Å². The van der Waals surface area contributed by atoms with Crippen LogP contribution in [0.2, 0.25) is 0 Å². The zero-order valence-electron chi connectivity index (χ0n) is 18.2. The van der Waals surface area contributed by atoms with Crippen molar-refractivity contribution in [1.29, 1.82) is 0 Å². The van der Waals surface area contributed by atoms with Crippen LogP contribution in [0.4, 0.5) is 0 Å². The van der Waals surface area contributed by atoms with Crippen molar-refractivity contribution >= 4 is 12.9 Å². The van der Waals surface area contributed by atoms with E-state index in [0.717, 1.165) is 0 Å². The number of hydrogen-bond acceptors (Lipinski definition) is 17. The van der Waals surface area contributed by atoms with Gasteiger partial charge in [-0.15, -0.1) is 0 Å². The van der Waals surface area contributed by atoms with Crippen LogP contribution in [-0.2, 0) is 27.9 Å². The molecular weight excluding hydrogens is 504 g/mol. The number of hydrogen-bond donors (Lipinski definition) is 11. The second-order valence-corrected chi connectivity index (χ2v) is 8.63. The van der Waals surface area contributed by atoms with E-state index in [9.17, 15) is 51.1 Å². The van der Waals surface area contributed by atoms with Crippen LogP contribution in [0.1, 0.15) is 0 Å². The highest BCUT2D eigenvalue weighted by Crippen LogP contribution is 2.32. The van der Waals surface area contributed by atoms with E-state index in [1.165, 1.54) is 0 Å². The number of aliphatic hydroxyl groups excluding tert-OH is 10. The molecule has 206 valence electrons. The maximum Gasteiger partial charge on any atom is 0.199 e. The van der Waals surface area contributed by atoms with Gasteiger partial charge in [0.1, 0.15) is 73.2 Å². The fourth-order valence-electron chi connectivity index (χ4n) is 4.12. The van der Waals surface area contributed by atoms with E-state index in [1.54, 1.807) is 0 Å². The van der Waals surface area contributed by atoms with E-state index in [2.05, 4.69) is 17.1 Å². The standard InChI is InChI=1S/C18H32O16S/c19-1-4-7(22)9(24)11(26)16(29-4)33-15-8(23)5(2-20)30-17(13(15)28)32-14-6(3-21)31-18(34-35)12(27)10(14)25/h4-28,35H,1-3H2/t4?,5?,6?,7-,8-,9-,10+,11?,12?,13?,14+,15-,16+,17-,18-/m0/s1. The van der Waals surface area contributed by atoms with Gasteiger partial charge in [0.05, 0.1) is 19.8 Å². The zero-order chi connectivity index (χ0) is 26.0. The van der Waals surface area contributed by atoms with Gasteiger partial charge in [-0.3, -0.25) is 4.18 Å². The minimum atomic E-state index is -1.89. The van der Waals surface area contributed by atoms with E-state index in [0.29, 0.717) is 0 Å². The second-order valence-electron chi connectivity index (χ2n) is 8.42. The normalized spacial score (nSPS) is 51.3. The predicted molar refractivity (Wildman–Crippen MR) is 109 cm³/mol. The molecule has 0 aromatic carbocycles. The molecule has 0 spiro atoms. The van der Waals surface area contributed by atoms with Crippen LogP contribution in [0.5, 0.6) is 0 Å². The third-order valence-electron chi connectivity index (χ3n) is 6.18. The van der Waals surface area contributed by atoms with Gasteiger partial charge >= 0.3 is 0 Å². The number of rotatable bonds is 8. The summed E-state index contributed by atoms with van der Waals surface area (Å²) in [6.45, 7) is -2.27. The van der Waals surface area contributed by atoms with Crippen molar-refractivity contribution in [2.75, 3.05) is 19.8 Å². The summed E-state index contributed by atoms with van der Waals surface area (Å²) >= 11 is 3.52. The van der Waals surface area contributed by atoms with E-state index >= 15 is 0 Å². The summed E-state index contributed by atoms with van der Waals surface area (Å²) in [5, 5.41) is 101. The van der Waals surface area contributed by atoms with Crippen molar-refractivity contribution in [2.45, 2.75) is 92.1 Å². The van der Waals surface area contributed by atoms with Crippen molar-refractivity contribution < 1.29 is 78.9 Å². The first-order valence-electron chi connectivity index (χ1n) is 10.8. The SMILES string of the molecule is OCC1O[C@@H](OS)C(O)[C@@H](O)[C@@H]1O[C@@H]1OC(CO)[C@H](O)[C@H](O[C@H]2OC(CO)[C@H](O)[C@H](O)C2O)C1O. The van der Waals surface area contributed by atoms with E-state index < -0.39 is 112 Å². The summed E-state index contributed by atoms with van der Waals surface area (Å²) in [6.07, 6.45) is -24.5. The Morgan fingerprint density at radius 3 is 1.49 bits per heavy atom. The van der Waals surface area contributed by atoms with Gasteiger partial charge in [-0.25, -0.2) is 0 Å². The average Bonchev–Trinajstić information content (AvgIpc) is 2.86. The molecule has 3 fully saturated rings.